The fraction of sp³-hybridized carbons (Fsp3) is 0.583. The van der Waals surface area contributed by atoms with E-state index in [1.165, 1.54) is 0 Å². The van der Waals surface area contributed by atoms with Gasteiger partial charge >= 0.3 is 12.1 Å². The molecule has 0 saturated carbocycles. The van der Waals surface area contributed by atoms with Crippen molar-refractivity contribution in [2.45, 2.75) is 38.3 Å². The molecule has 0 aliphatic carbocycles. The molecule has 0 unspecified atom stereocenters. The molecule has 0 atom stereocenters. The highest BCUT2D eigenvalue weighted by Crippen LogP contribution is 2.27. The molecule has 0 radical (unpaired) electrons. The summed E-state index contributed by atoms with van der Waals surface area (Å²) in [5.74, 6) is -0.870. The van der Waals surface area contributed by atoms with Gasteiger partial charge in [-0.3, -0.25) is 4.79 Å². The van der Waals surface area contributed by atoms with E-state index in [1.807, 2.05) is 0 Å². The van der Waals surface area contributed by atoms with Crippen LogP contribution in [0.3, 0.4) is 0 Å². The summed E-state index contributed by atoms with van der Waals surface area (Å²) in [4.78, 5) is 17.4. The largest absolute Gasteiger partial charge is 0.481 e. The van der Waals surface area contributed by atoms with Crippen LogP contribution < -0.4 is 5.32 Å². The first kappa shape index (κ1) is 16.2. The molecule has 0 amide bonds. The van der Waals surface area contributed by atoms with E-state index < -0.39 is 17.8 Å². The van der Waals surface area contributed by atoms with Gasteiger partial charge in [0.05, 0.1) is 0 Å². The van der Waals surface area contributed by atoms with Crippen LogP contribution in [0.2, 0.25) is 0 Å². The molecular weight excluding hydrogens is 275 g/mol. The fourth-order valence-corrected chi connectivity index (χ4v) is 1.56. The number of carboxylic acids is 1. The van der Waals surface area contributed by atoms with E-state index in [9.17, 15) is 18.0 Å². The Balaban J connectivity index is 2.24. The second-order valence-corrected chi connectivity index (χ2v) is 4.25. The molecule has 20 heavy (non-hydrogen) atoms. The van der Waals surface area contributed by atoms with Crippen LogP contribution in [0, 0.1) is 0 Å². The molecule has 8 heteroatoms. The van der Waals surface area contributed by atoms with Gasteiger partial charge in [0.25, 0.3) is 0 Å². The van der Waals surface area contributed by atoms with E-state index in [0.29, 0.717) is 13.0 Å². The Bertz CT molecular complexity index is 438. The predicted octanol–water partition coefficient (Wildman–Crippen LogP) is 2.94. The molecule has 1 aromatic rings. The standard InChI is InChI=1S/C12H16F3N3O2/c13-12(14,15)9-6-8-17-11(18-9)16-7-4-2-1-3-5-10(19)20/h6,8H,1-5,7H2,(H,19,20)(H,16,17,18). The Labute approximate surface area is 114 Å². The number of aromatic nitrogens is 2. The van der Waals surface area contributed by atoms with Gasteiger partial charge in [0.15, 0.2) is 0 Å². The third-order valence-electron chi connectivity index (χ3n) is 2.55. The van der Waals surface area contributed by atoms with Crippen LogP contribution in [0.4, 0.5) is 19.1 Å². The van der Waals surface area contributed by atoms with Gasteiger partial charge in [-0.1, -0.05) is 12.8 Å². The average Bonchev–Trinajstić information content (AvgIpc) is 2.36. The number of hydrogen-bond acceptors (Lipinski definition) is 4. The molecule has 0 saturated heterocycles. The number of rotatable bonds is 8. The first-order chi connectivity index (χ1) is 9.39. The van der Waals surface area contributed by atoms with Crippen LogP contribution in [0.1, 0.15) is 37.8 Å². The fourth-order valence-electron chi connectivity index (χ4n) is 1.56. The summed E-state index contributed by atoms with van der Waals surface area (Å²) in [5, 5.41) is 11.2. The summed E-state index contributed by atoms with van der Waals surface area (Å²) in [5.41, 5.74) is -0.976. The zero-order valence-corrected chi connectivity index (χ0v) is 10.8. The van der Waals surface area contributed by atoms with Gasteiger partial charge in [-0.05, 0) is 18.9 Å². The van der Waals surface area contributed by atoms with Crippen molar-refractivity contribution >= 4 is 11.9 Å². The lowest BCUT2D eigenvalue weighted by Gasteiger charge is -2.08. The molecule has 0 fully saturated rings. The van der Waals surface area contributed by atoms with Gasteiger partial charge < -0.3 is 10.4 Å². The van der Waals surface area contributed by atoms with Crippen LogP contribution in [0.5, 0.6) is 0 Å². The third kappa shape index (κ3) is 6.35. The maximum Gasteiger partial charge on any atom is 0.433 e. The Morgan fingerprint density at radius 3 is 2.60 bits per heavy atom. The van der Waals surface area contributed by atoms with Crippen molar-refractivity contribution in [3.63, 3.8) is 0 Å². The zero-order valence-electron chi connectivity index (χ0n) is 10.8. The monoisotopic (exact) mass is 291 g/mol. The van der Waals surface area contributed by atoms with E-state index in [-0.39, 0.29) is 12.4 Å². The SMILES string of the molecule is O=C(O)CCCCCCNc1nccc(C(F)(F)F)n1. The molecule has 0 spiro atoms. The number of anilines is 1. The number of unbranched alkanes of at least 4 members (excludes halogenated alkanes) is 3. The quantitative estimate of drug-likeness (QED) is 0.720. The highest BCUT2D eigenvalue weighted by atomic mass is 19.4. The van der Waals surface area contributed by atoms with E-state index in [1.54, 1.807) is 0 Å². The van der Waals surface area contributed by atoms with Gasteiger partial charge in [0, 0.05) is 19.2 Å². The van der Waals surface area contributed by atoms with Crippen molar-refractivity contribution in [3.05, 3.63) is 18.0 Å². The summed E-state index contributed by atoms with van der Waals surface area (Å²) >= 11 is 0. The van der Waals surface area contributed by atoms with Crippen molar-refractivity contribution < 1.29 is 23.1 Å². The minimum Gasteiger partial charge on any atom is -0.481 e. The summed E-state index contributed by atoms with van der Waals surface area (Å²) in [6.45, 7) is 0.453. The number of carbonyl (C=O) groups is 1. The molecule has 112 valence electrons. The summed E-state index contributed by atoms with van der Waals surface area (Å²) < 4.78 is 37.2. The smallest absolute Gasteiger partial charge is 0.433 e. The molecular formula is C12H16F3N3O2. The van der Waals surface area contributed by atoms with Crippen LogP contribution in [-0.4, -0.2) is 27.6 Å². The number of aliphatic carboxylic acids is 1. The van der Waals surface area contributed by atoms with Gasteiger partial charge in [-0.25, -0.2) is 9.97 Å². The molecule has 2 N–H and O–H groups in total. The Morgan fingerprint density at radius 2 is 1.95 bits per heavy atom. The van der Waals surface area contributed by atoms with Crippen LogP contribution in [0.25, 0.3) is 0 Å². The summed E-state index contributed by atoms with van der Waals surface area (Å²) in [6, 6.07) is 0.817. The summed E-state index contributed by atoms with van der Waals surface area (Å²) in [7, 11) is 0. The third-order valence-corrected chi connectivity index (χ3v) is 2.55. The lowest BCUT2D eigenvalue weighted by Crippen LogP contribution is -2.12. The number of hydrogen-bond donors (Lipinski definition) is 2. The minimum atomic E-state index is -4.48. The molecule has 0 aromatic carbocycles. The van der Waals surface area contributed by atoms with Crippen LogP contribution in [0.15, 0.2) is 12.3 Å². The van der Waals surface area contributed by atoms with Crippen LogP contribution >= 0.6 is 0 Å². The van der Waals surface area contributed by atoms with E-state index >= 15 is 0 Å². The number of halogens is 3. The number of nitrogens with one attached hydrogen (secondary N) is 1. The Hall–Kier alpha value is -1.86. The zero-order chi connectivity index (χ0) is 15.0. The second kappa shape index (κ2) is 7.66. The maximum absolute atomic E-state index is 12.4. The van der Waals surface area contributed by atoms with Crippen molar-refractivity contribution in [1.82, 2.24) is 9.97 Å². The molecule has 1 heterocycles. The first-order valence-electron chi connectivity index (χ1n) is 6.25. The van der Waals surface area contributed by atoms with Crippen molar-refractivity contribution in [2.75, 3.05) is 11.9 Å². The topological polar surface area (TPSA) is 75.1 Å². The average molecular weight is 291 g/mol. The lowest BCUT2D eigenvalue weighted by molar-refractivity contribution is -0.141. The Kier molecular flexibility index (Phi) is 6.20. The normalized spacial score (nSPS) is 11.3. The molecule has 0 aliphatic heterocycles. The molecule has 1 rings (SSSR count). The molecule has 5 nitrogen and oxygen atoms in total. The molecule has 1 aromatic heterocycles. The highest BCUT2D eigenvalue weighted by molar-refractivity contribution is 5.66. The van der Waals surface area contributed by atoms with E-state index in [0.717, 1.165) is 31.5 Å². The van der Waals surface area contributed by atoms with Crippen LogP contribution in [-0.2, 0) is 11.0 Å². The van der Waals surface area contributed by atoms with Gasteiger partial charge in [-0.15, -0.1) is 0 Å². The number of carboxylic acid groups (broad SMARTS) is 1. The molecule has 0 aliphatic rings. The van der Waals surface area contributed by atoms with Gasteiger partial charge in [-0.2, -0.15) is 13.2 Å². The van der Waals surface area contributed by atoms with Crippen molar-refractivity contribution in [1.29, 1.82) is 0 Å². The maximum atomic E-state index is 12.4. The number of nitrogens with zero attached hydrogens (tertiary/aromatic N) is 2. The Morgan fingerprint density at radius 1 is 1.25 bits per heavy atom. The van der Waals surface area contributed by atoms with E-state index in [2.05, 4.69) is 15.3 Å². The van der Waals surface area contributed by atoms with Gasteiger partial charge in [0.1, 0.15) is 5.69 Å². The van der Waals surface area contributed by atoms with E-state index in [4.69, 9.17) is 5.11 Å². The highest BCUT2D eigenvalue weighted by Gasteiger charge is 2.32. The second-order valence-electron chi connectivity index (χ2n) is 4.25. The number of alkyl halides is 3. The minimum absolute atomic E-state index is 0.0506. The van der Waals surface area contributed by atoms with Crippen molar-refractivity contribution in [3.8, 4) is 0 Å². The summed E-state index contributed by atoms with van der Waals surface area (Å²) in [6.07, 6.45) is -0.364. The predicted molar refractivity (Wildman–Crippen MR) is 66.2 cm³/mol. The lowest BCUT2D eigenvalue weighted by atomic mass is 10.1. The van der Waals surface area contributed by atoms with Gasteiger partial charge in [0.2, 0.25) is 5.95 Å². The first-order valence-corrected chi connectivity index (χ1v) is 6.25. The van der Waals surface area contributed by atoms with Crippen molar-refractivity contribution in [2.24, 2.45) is 0 Å². The molecule has 0 bridgehead atoms.